The molecule has 0 amide bonds. The number of hydrogen-bond donors (Lipinski definition) is 2. The monoisotopic (exact) mass is 429 g/mol. The molecule has 2 aromatic carbocycles. The molecule has 160 valence electrons. The second kappa shape index (κ2) is 9.96. The molecule has 1 aromatic heterocycles. The van der Waals surface area contributed by atoms with Crippen LogP contribution in [0.3, 0.4) is 0 Å². The van der Waals surface area contributed by atoms with E-state index >= 15 is 0 Å². The van der Waals surface area contributed by atoms with Crippen molar-refractivity contribution >= 4 is 29.4 Å². The molecular weight excluding hydrogens is 402 g/mol. The molecule has 0 bridgehead atoms. The molecule has 1 aliphatic heterocycles. The predicted octanol–water partition coefficient (Wildman–Crippen LogP) is 4.15. The highest BCUT2D eigenvalue weighted by Crippen LogP contribution is 2.31. The van der Waals surface area contributed by atoms with E-state index in [1.807, 2.05) is 24.3 Å². The van der Waals surface area contributed by atoms with Crippen molar-refractivity contribution in [2.75, 3.05) is 20.2 Å². The molecule has 2 atom stereocenters. The zero-order chi connectivity index (χ0) is 20.2. The van der Waals surface area contributed by atoms with Gasteiger partial charge in [-0.15, -0.1) is 12.4 Å². The van der Waals surface area contributed by atoms with Gasteiger partial charge in [0.05, 0.1) is 12.6 Å². The van der Waals surface area contributed by atoms with Gasteiger partial charge >= 0.3 is 5.97 Å². The van der Waals surface area contributed by atoms with Gasteiger partial charge in [0.15, 0.2) is 0 Å². The van der Waals surface area contributed by atoms with Crippen LogP contribution < -0.4 is 4.74 Å². The Kier molecular flexibility index (Phi) is 7.34. The highest BCUT2D eigenvalue weighted by molar-refractivity contribution is 5.85. The van der Waals surface area contributed by atoms with E-state index in [1.165, 1.54) is 5.56 Å². The van der Waals surface area contributed by atoms with E-state index in [-0.39, 0.29) is 30.7 Å². The average molecular weight is 430 g/mol. The normalized spacial score (nSPS) is 19.4. The van der Waals surface area contributed by atoms with Crippen LogP contribution >= 0.6 is 12.4 Å². The number of fused-ring (bicyclic) bond motifs is 1. The van der Waals surface area contributed by atoms with Crippen LogP contribution in [-0.2, 0) is 17.8 Å². The predicted molar refractivity (Wildman–Crippen MR) is 119 cm³/mol. The fourth-order valence-electron chi connectivity index (χ4n) is 4.43. The second-order valence-corrected chi connectivity index (χ2v) is 7.87. The molecule has 0 aliphatic carbocycles. The number of nitrogens with one attached hydrogen (secondary N) is 1. The third kappa shape index (κ3) is 5.12. The maximum absolute atomic E-state index is 11.4. The van der Waals surface area contributed by atoms with Crippen LogP contribution in [0.5, 0.6) is 5.75 Å². The summed E-state index contributed by atoms with van der Waals surface area (Å²) >= 11 is 0. The van der Waals surface area contributed by atoms with Gasteiger partial charge in [0.1, 0.15) is 17.1 Å². The summed E-state index contributed by atoms with van der Waals surface area (Å²) in [5.41, 5.74) is 3.07. The molecule has 1 fully saturated rings. The molecule has 3 aromatic rings. The number of ether oxygens (including phenoxy) is 1. The molecule has 30 heavy (non-hydrogen) atoms. The lowest BCUT2D eigenvalue weighted by molar-refractivity contribution is -0.139. The molecule has 0 radical (unpaired) electrons. The highest BCUT2D eigenvalue weighted by Gasteiger charge is 2.31. The number of piperidine rings is 1. The van der Waals surface area contributed by atoms with Crippen molar-refractivity contribution < 1.29 is 14.6 Å². The van der Waals surface area contributed by atoms with Crippen molar-refractivity contribution in [3.8, 4) is 5.75 Å². The van der Waals surface area contributed by atoms with Crippen molar-refractivity contribution in [2.24, 2.45) is 11.8 Å². The van der Waals surface area contributed by atoms with Crippen LogP contribution in [0, 0.1) is 11.8 Å². The van der Waals surface area contributed by atoms with Crippen molar-refractivity contribution in [2.45, 2.75) is 25.8 Å². The van der Waals surface area contributed by atoms with Crippen molar-refractivity contribution in [3.63, 3.8) is 0 Å². The van der Waals surface area contributed by atoms with Crippen LogP contribution in [0.15, 0.2) is 48.5 Å². The number of hydrogen-bond acceptors (Lipinski definition) is 4. The molecule has 0 unspecified atom stereocenters. The number of carbonyl (C=O) groups is 1. The number of aliphatic carboxylic acids is 1. The second-order valence-electron chi connectivity index (χ2n) is 7.87. The average Bonchev–Trinajstić information content (AvgIpc) is 3.13. The van der Waals surface area contributed by atoms with E-state index < -0.39 is 5.97 Å². The van der Waals surface area contributed by atoms with E-state index in [4.69, 9.17) is 9.72 Å². The van der Waals surface area contributed by atoms with Gasteiger partial charge in [-0.2, -0.15) is 0 Å². The minimum atomic E-state index is -0.720. The number of para-hydroxylation sites is 1. The Morgan fingerprint density at radius 1 is 1.20 bits per heavy atom. The number of aromatic amines is 1. The van der Waals surface area contributed by atoms with E-state index in [0.29, 0.717) is 0 Å². The number of carboxylic acid groups (broad SMARTS) is 1. The van der Waals surface area contributed by atoms with Gasteiger partial charge in [-0.25, -0.2) is 4.98 Å². The fraction of sp³-hybridized carbons (Fsp3) is 0.391. The first-order valence-electron chi connectivity index (χ1n) is 10.1. The summed E-state index contributed by atoms with van der Waals surface area (Å²) in [6, 6.07) is 16.3. The Balaban J connectivity index is 0.00000256. The van der Waals surface area contributed by atoms with Crippen molar-refractivity contribution in [3.05, 3.63) is 59.9 Å². The smallest absolute Gasteiger partial charge is 0.303 e. The Hall–Kier alpha value is -2.57. The quantitative estimate of drug-likeness (QED) is 0.589. The first kappa shape index (κ1) is 22.1. The molecule has 2 N–H and O–H groups in total. The molecule has 0 spiro atoms. The number of nitrogens with zero attached hydrogens (tertiary/aromatic N) is 2. The van der Waals surface area contributed by atoms with Gasteiger partial charge in [0.2, 0.25) is 0 Å². The van der Waals surface area contributed by atoms with E-state index in [2.05, 4.69) is 34.1 Å². The summed E-state index contributed by atoms with van der Waals surface area (Å²) in [6.07, 6.45) is 1.85. The number of halogens is 1. The Bertz CT molecular complexity index is 976. The van der Waals surface area contributed by atoms with Crippen LogP contribution in [0.2, 0.25) is 0 Å². The summed E-state index contributed by atoms with van der Waals surface area (Å²) in [5.74, 6) is 1.33. The van der Waals surface area contributed by atoms with E-state index in [1.54, 1.807) is 7.11 Å². The standard InChI is InChI=1S/C23H27N3O3.ClH/c1-29-20-9-5-8-19-23(20)25-21(24-19)12-18-15-26(11-10-17(18)13-22(27)28)14-16-6-3-2-4-7-16;/h2-9,17-18H,10-15H2,1H3,(H,24,25)(H,27,28);1H/t17-,18-;/m0./s1. The minimum Gasteiger partial charge on any atom is -0.494 e. The Labute approximate surface area is 182 Å². The van der Waals surface area contributed by atoms with Crippen LogP contribution in [0.25, 0.3) is 11.0 Å². The number of likely N-dealkylation sites (tertiary alicyclic amines) is 1. The molecule has 0 saturated carbocycles. The zero-order valence-corrected chi connectivity index (χ0v) is 17.9. The summed E-state index contributed by atoms with van der Waals surface area (Å²) < 4.78 is 5.42. The number of aromatic nitrogens is 2. The van der Waals surface area contributed by atoms with Gasteiger partial charge in [-0.3, -0.25) is 9.69 Å². The zero-order valence-electron chi connectivity index (χ0n) is 17.1. The van der Waals surface area contributed by atoms with E-state index in [9.17, 15) is 9.90 Å². The highest BCUT2D eigenvalue weighted by atomic mass is 35.5. The number of rotatable bonds is 7. The first-order chi connectivity index (χ1) is 14.1. The molecule has 7 heteroatoms. The largest absolute Gasteiger partial charge is 0.494 e. The Morgan fingerprint density at radius 2 is 2.00 bits per heavy atom. The molecular formula is C23H28ClN3O3. The van der Waals surface area contributed by atoms with Gasteiger partial charge in [-0.05, 0) is 42.5 Å². The van der Waals surface area contributed by atoms with E-state index in [0.717, 1.165) is 55.1 Å². The first-order valence-corrected chi connectivity index (χ1v) is 10.1. The molecule has 6 nitrogen and oxygen atoms in total. The van der Waals surface area contributed by atoms with Crippen molar-refractivity contribution in [1.82, 2.24) is 14.9 Å². The van der Waals surface area contributed by atoms with Gasteiger partial charge in [-0.1, -0.05) is 36.4 Å². The molecule has 2 heterocycles. The summed E-state index contributed by atoms with van der Waals surface area (Å²) in [6.45, 7) is 2.70. The Morgan fingerprint density at radius 3 is 2.73 bits per heavy atom. The number of imidazole rings is 1. The number of benzene rings is 2. The third-order valence-electron chi connectivity index (χ3n) is 5.86. The third-order valence-corrected chi connectivity index (χ3v) is 5.86. The molecule has 1 aliphatic rings. The number of methoxy groups -OCH3 is 1. The number of carboxylic acids is 1. The minimum absolute atomic E-state index is 0. The van der Waals surface area contributed by atoms with Gasteiger partial charge < -0.3 is 14.8 Å². The van der Waals surface area contributed by atoms with Crippen molar-refractivity contribution in [1.29, 1.82) is 0 Å². The lowest BCUT2D eigenvalue weighted by atomic mass is 9.81. The molecule has 4 rings (SSSR count). The summed E-state index contributed by atoms with van der Waals surface area (Å²) in [5, 5.41) is 9.38. The van der Waals surface area contributed by atoms with Gasteiger partial charge in [0.25, 0.3) is 0 Å². The van der Waals surface area contributed by atoms with Crippen LogP contribution in [0.4, 0.5) is 0 Å². The van der Waals surface area contributed by atoms with Gasteiger partial charge in [0, 0.05) is 25.9 Å². The van der Waals surface area contributed by atoms with Crippen LogP contribution in [0.1, 0.15) is 24.2 Å². The SMILES string of the molecule is COc1cccc2[nH]c(C[C@H]3CN(Cc4ccccc4)CC[C@H]3CC(=O)O)nc12.Cl. The number of H-pyrrole nitrogens is 1. The summed E-state index contributed by atoms with van der Waals surface area (Å²) in [4.78, 5) is 22.0. The maximum Gasteiger partial charge on any atom is 0.303 e. The topological polar surface area (TPSA) is 78.5 Å². The fourth-order valence-corrected chi connectivity index (χ4v) is 4.43. The van der Waals surface area contributed by atoms with Crippen LogP contribution in [-0.4, -0.2) is 46.1 Å². The summed E-state index contributed by atoms with van der Waals surface area (Å²) in [7, 11) is 1.65. The maximum atomic E-state index is 11.4. The molecule has 1 saturated heterocycles. The lowest BCUT2D eigenvalue weighted by Crippen LogP contribution is -2.41. The lowest BCUT2D eigenvalue weighted by Gasteiger charge is -2.38.